The van der Waals surface area contributed by atoms with Crippen LogP contribution in [0.2, 0.25) is 0 Å². The normalized spacial score (nSPS) is 30.9. The summed E-state index contributed by atoms with van der Waals surface area (Å²) in [7, 11) is 1.92. The van der Waals surface area contributed by atoms with E-state index >= 15 is 0 Å². The molecule has 2 fully saturated rings. The number of ketones is 1. The molecular formula is C16H24N2O. The second-order valence-corrected chi connectivity index (χ2v) is 6.46. The zero-order valence-electron chi connectivity index (χ0n) is 11.8. The number of anilines is 1. The van der Waals surface area contributed by atoms with Crippen molar-refractivity contribution in [3.8, 4) is 0 Å². The number of aromatic nitrogens is 1. The van der Waals surface area contributed by atoms with Gasteiger partial charge in [-0.2, -0.15) is 0 Å². The van der Waals surface area contributed by atoms with Gasteiger partial charge in [0, 0.05) is 18.7 Å². The van der Waals surface area contributed by atoms with Gasteiger partial charge >= 0.3 is 0 Å². The minimum absolute atomic E-state index is 0.0388. The summed E-state index contributed by atoms with van der Waals surface area (Å²) in [5.41, 5.74) is 7.27. The molecule has 1 aromatic rings. The van der Waals surface area contributed by atoms with Crippen LogP contribution in [0.3, 0.4) is 0 Å². The van der Waals surface area contributed by atoms with Gasteiger partial charge in [-0.05, 0) is 31.2 Å². The van der Waals surface area contributed by atoms with Gasteiger partial charge in [0.25, 0.3) is 0 Å². The van der Waals surface area contributed by atoms with Crippen LogP contribution >= 0.6 is 0 Å². The third-order valence-corrected chi connectivity index (χ3v) is 5.12. The Balaban J connectivity index is 1.83. The second kappa shape index (κ2) is 4.69. The minimum atomic E-state index is -0.0388. The molecule has 0 amide bonds. The molecule has 2 aliphatic carbocycles. The first-order valence-electron chi connectivity index (χ1n) is 7.60. The van der Waals surface area contributed by atoms with Crippen molar-refractivity contribution < 1.29 is 4.79 Å². The van der Waals surface area contributed by atoms with Crippen molar-refractivity contribution in [2.24, 2.45) is 18.4 Å². The highest BCUT2D eigenvalue weighted by atomic mass is 16.1. The monoisotopic (exact) mass is 260 g/mol. The molecule has 2 aliphatic rings. The first-order chi connectivity index (χ1) is 9.13. The Morgan fingerprint density at radius 3 is 2.79 bits per heavy atom. The zero-order chi connectivity index (χ0) is 13.5. The van der Waals surface area contributed by atoms with E-state index < -0.39 is 0 Å². The number of rotatable bonds is 2. The number of hydrogen-bond donors (Lipinski definition) is 1. The fourth-order valence-electron chi connectivity index (χ4n) is 3.89. The molecule has 1 heterocycles. The van der Waals surface area contributed by atoms with Gasteiger partial charge < -0.3 is 10.3 Å². The maximum atomic E-state index is 12.9. The van der Waals surface area contributed by atoms with Gasteiger partial charge in [0.1, 0.15) is 0 Å². The van der Waals surface area contributed by atoms with Crippen molar-refractivity contribution in [2.45, 2.75) is 51.4 Å². The molecule has 0 aliphatic heterocycles. The summed E-state index contributed by atoms with van der Waals surface area (Å²) in [5, 5.41) is 0. The van der Waals surface area contributed by atoms with E-state index in [1.54, 1.807) is 0 Å². The molecule has 2 N–H and O–H groups in total. The highest BCUT2D eigenvalue weighted by molar-refractivity contribution is 6.02. The van der Waals surface area contributed by atoms with Gasteiger partial charge in [0.15, 0.2) is 5.78 Å². The molecule has 2 unspecified atom stereocenters. The Bertz CT molecular complexity index is 491. The first kappa shape index (κ1) is 12.8. The number of nitrogens with two attached hydrogens (primary N) is 1. The molecule has 0 bridgehead atoms. The number of carbonyl (C=O) groups is 1. The number of nitrogens with zero attached hydrogens (tertiary/aromatic N) is 1. The Hall–Kier alpha value is -1.25. The molecule has 3 heteroatoms. The Kier molecular flexibility index (Phi) is 3.15. The highest BCUT2D eigenvalue weighted by Crippen LogP contribution is 2.60. The predicted octanol–water partition coefficient (Wildman–Crippen LogP) is 3.54. The third-order valence-electron chi connectivity index (χ3n) is 5.12. The molecule has 0 spiro atoms. The van der Waals surface area contributed by atoms with Crippen molar-refractivity contribution in [1.82, 2.24) is 4.57 Å². The van der Waals surface area contributed by atoms with E-state index in [0.29, 0.717) is 17.4 Å². The molecule has 104 valence electrons. The maximum absolute atomic E-state index is 12.9. The fourth-order valence-corrected chi connectivity index (χ4v) is 3.89. The molecule has 0 aromatic carbocycles. The van der Waals surface area contributed by atoms with Gasteiger partial charge in [-0.1, -0.05) is 32.1 Å². The number of carbonyl (C=O) groups excluding carboxylic acids is 1. The van der Waals surface area contributed by atoms with E-state index in [1.165, 1.54) is 38.5 Å². The average Bonchev–Trinajstić information content (AvgIpc) is 2.95. The summed E-state index contributed by atoms with van der Waals surface area (Å²) in [6.07, 6.45) is 11.8. The molecular weight excluding hydrogens is 236 g/mol. The van der Waals surface area contributed by atoms with Crippen LogP contribution in [-0.2, 0) is 7.05 Å². The van der Waals surface area contributed by atoms with E-state index in [-0.39, 0.29) is 5.41 Å². The lowest BCUT2D eigenvalue weighted by molar-refractivity contribution is 0.0866. The lowest BCUT2D eigenvalue weighted by Crippen LogP contribution is -2.21. The molecule has 3 rings (SSSR count). The van der Waals surface area contributed by atoms with Crippen LogP contribution in [0.1, 0.15) is 61.9 Å². The Morgan fingerprint density at radius 1 is 1.32 bits per heavy atom. The SMILES string of the molecule is Cn1cc(N)cc1C(=O)C12CCCCCCCC1C2. The number of Topliss-reactive ketones (excluding diaryl/α,β-unsaturated/α-hetero) is 1. The number of hydrogen-bond acceptors (Lipinski definition) is 2. The fraction of sp³-hybridized carbons (Fsp3) is 0.688. The highest BCUT2D eigenvalue weighted by Gasteiger charge is 2.58. The molecule has 0 radical (unpaired) electrons. The predicted molar refractivity (Wildman–Crippen MR) is 77.0 cm³/mol. The van der Waals surface area contributed by atoms with Crippen LogP contribution < -0.4 is 5.73 Å². The first-order valence-corrected chi connectivity index (χ1v) is 7.60. The lowest BCUT2D eigenvalue weighted by Gasteiger charge is -2.16. The summed E-state index contributed by atoms with van der Waals surface area (Å²) < 4.78 is 1.90. The maximum Gasteiger partial charge on any atom is 0.185 e. The smallest absolute Gasteiger partial charge is 0.185 e. The van der Waals surface area contributed by atoms with E-state index in [2.05, 4.69) is 0 Å². The Morgan fingerprint density at radius 2 is 2.05 bits per heavy atom. The van der Waals surface area contributed by atoms with Crippen LogP contribution in [0.4, 0.5) is 5.69 Å². The molecule has 2 atom stereocenters. The third kappa shape index (κ3) is 2.19. The minimum Gasteiger partial charge on any atom is -0.397 e. The molecule has 3 nitrogen and oxygen atoms in total. The zero-order valence-corrected chi connectivity index (χ0v) is 11.8. The number of fused-ring (bicyclic) bond motifs is 1. The summed E-state index contributed by atoms with van der Waals surface area (Å²) in [4.78, 5) is 12.9. The van der Waals surface area contributed by atoms with Crippen LogP contribution in [0, 0.1) is 11.3 Å². The number of aryl methyl sites for hydroxylation is 1. The largest absolute Gasteiger partial charge is 0.397 e. The van der Waals surface area contributed by atoms with E-state index in [1.807, 2.05) is 23.9 Å². The van der Waals surface area contributed by atoms with Crippen molar-refractivity contribution in [2.75, 3.05) is 5.73 Å². The molecule has 1 aromatic heterocycles. The summed E-state index contributed by atoms with van der Waals surface area (Å²) in [6.45, 7) is 0. The van der Waals surface area contributed by atoms with Gasteiger partial charge in [-0.15, -0.1) is 0 Å². The summed E-state index contributed by atoms with van der Waals surface area (Å²) in [5.74, 6) is 0.979. The van der Waals surface area contributed by atoms with Crippen molar-refractivity contribution >= 4 is 11.5 Å². The topological polar surface area (TPSA) is 48.0 Å². The quantitative estimate of drug-likeness (QED) is 0.827. The lowest BCUT2D eigenvalue weighted by atomic mass is 9.89. The van der Waals surface area contributed by atoms with Crippen LogP contribution in [0.15, 0.2) is 12.3 Å². The molecule has 0 saturated heterocycles. The van der Waals surface area contributed by atoms with Gasteiger partial charge in [-0.25, -0.2) is 0 Å². The van der Waals surface area contributed by atoms with Gasteiger partial charge in [0.2, 0.25) is 0 Å². The standard InChI is InChI=1S/C16H24N2O/c1-18-11-13(17)9-14(18)15(19)16-8-6-4-2-3-5-7-12(16)10-16/h9,11-12H,2-8,10,17H2,1H3. The van der Waals surface area contributed by atoms with Gasteiger partial charge in [0.05, 0.1) is 11.4 Å². The van der Waals surface area contributed by atoms with E-state index in [9.17, 15) is 4.79 Å². The average molecular weight is 260 g/mol. The summed E-state index contributed by atoms with van der Waals surface area (Å²) in [6, 6.07) is 1.85. The van der Waals surface area contributed by atoms with Crippen LogP contribution in [0.25, 0.3) is 0 Å². The summed E-state index contributed by atoms with van der Waals surface area (Å²) >= 11 is 0. The van der Waals surface area contributed by atoms with Crippen molar-refractivity contribution in [3.05, 3.63) is 18.0 Å². The van der Waals surface area contributed by atoms with Crippen molar-refractivity contribution in [1.29, 1.82) is 0 Å². The van der Waals surface area contributed by atoms with Crippen molar-refractivity contribution in [3.63, 3.8) is 0 Å². The molecule has 19 heavy (non-hydrogen) atoms. The van der Waals surface area contributed by atoms with Gasteiger partial charge in [-0.3, -0.25) is 4.79 Å². The second-order valence-electron chi connectivity index (χ2n) is 6.46. The Labute approximate surface area is 115 Å². The van der Waals surface area contributed by atoms with Crippen LogP contribution in [-0.4, -0.2) is 10.4 Å². The number of nitrogen functional groups attached to an aromatic ring is 1. The van der Waals surface area contributed by atoms with Crippen LogP contribution in [0.5, 0.6) is 0 Å². The van der Waals surface area contributed by atoms with E-state index in [0.717, 1.165) is 18.5 Å². The molecule has 2 saturated carbocycles. The van der Waals surface area contributed by atoms with E-state index in [4.69, 9.17) is 5.73 Å².